The van der Waals surface area contributed by atoms with Crippen molar-refractivity contribution in [2.24, 2.45) is 5.92 Å². The third-order valence-corrected chi connectivity index (χ3v) is 11.1. The van der Waals surface area contributed by atoms with E-state index in [9.17, 15) is 4.79 Å². The van der Waals surface area contributed by atoms with Crippen molar-refractivity contribution >= 4 is 5.97 Å². The van der Waals surface area contributed by atoms with Crippen molar-refractivity contribution in [2.75, 3.05) is 6.61 Å². The summed E-state index contributed by atoms with van der Waals surface area (Å²) < 4.78 is 5.47. The number of hydrogen-bond donors (Lipinski definition) is 0. The topological polar surface area (TPSA) is 26.3 Å². The van der Waals surface area contributed by atoms with Crippen molar-refractivity contribution in [1.82, 2.24) is 0 Å². The average Bonchev–Trinajstić information content (AvgIpc) is 3.15. The molecule has 2 nitrogen and oxygen atoms in total. The monoisotopic (exact) mass is 727 g/mol. The van der Waals surface area contributed by atoms with E-state index in [0.717, 1.165) is 44.4 Å². The van der Waals surface area contributed by atoms with Crippen molar-refractivity contribution in [3.63, 3.8) is 0 Å². The lowest BCUT2D eigenvalue weighted by Crippen LogP contribution is -2.05. The van der Waals surface area contributed by atoms with Crippen LogP contribution in [-0.2, 0) is 9.53 Å². The van der Waals surface area contributed by atoms with Crippen LogP contribution in [0.15, 0.2) is 36.5 Å². The van der Waals surface area contributed by atoms with Crippen molar-refractivity contribution in [1.29, 1.82) is 0 Å². The van der Waals surface area contributed by atoms with Gasteiger partial charge < -0.3 is 4.74 Å². The van der Waals surface area contributed by atoms with Crippen molar-refractivity contribution in [2.45, 2.75) is 265 Å². The van der Waals surface area contributed by atoms with Gasteiger partial charge in [0, 0.05) is 6.42 Å². The third kappa shape index (κ3) is 44.8. The van der Waals surface area contributed by atoms with Gasteiger partial charge in [-0.1, -0.05) is 250 Å². The van der Waals surface area contributed by atoms with E-state index in [1.165, 1.54) is 199 Å². The maximum Gasteiger partial charge on any atom is 0.305 e. The summed E-state index contributed by atoms with van der Waals surface area (Å²) >= 11 is 0. The van der Waals surface area contributed by atoms with Gasteiger partial charge in [-0.05, 0) is 50.9 Å². The van der Waals surface area contributed by atoms with Gasteiger partial charge in [-0.2, -0.15) is 0 Å². The Morgan fingerprint density at radius 1 is 0.423 bits per heavy atom. The Bertz CT molecular complexity index is 764. The van der Waals surface area contributed by atoms with Gasteiger partial charge in [-0.15, -0.1) is 0 Å². The molecular weight excluding hydrogens is 633 g/mol. The van der Waals surface area contributed by atoms with Crippen molar-refractivity contribution in [3.8, 4) is 0 Å². The molecule has 0 saturated heterocycles. The van der Waals surface area contributed by atoms with Crippen LogP contribution in [0.4, 0.5) is 0 Å². The minimum absolute atomic E-state index is 0.0104. The Morgan fingerprint density at radius 2 is 0.769 bits per heavy atom. The molecule has 0 aromatic rings. The lowest BCUT2D eigenvalue weighted by atomic mass is 9.99. The fraction of sp³-hybridized carbons (Fsp3) is 0.860. The van der Waals surface area contributed by atoms with Crippen LogP contribution < -0.4 is 0 Å². The molecule has 0 saturated carbocycles. The maximum absolute atomic E-state index is 12.0. The van der Waals surface area contributed by atoms with Crippen LogP contribution in [0.1, 0.15) is 265 Å². The van der Waals surface area contributed by atoms with Crippen molar-refractivity contribution in [3.05, 3.63) is 36.5 Å². The first-order chi connectivity index (χ1) is 25.7. The van der Waals surface area contributed by atoms with Crippen molar-refractivity contribution < 1.29 is 9.53 Å². The van der Waals surface area contributed by atoms with Crippen LogP contribution in [0.25, 0.3) is 0 Å². The van der Waals surface area contributed by atoms with Crippen LogP contribution in [0.3, 0.4) is 0 Å². The zero-order valence-corrected chi connectivity index (χ0v) is 35.9. The lowest BCUT2D eigenvalue weighted by molar-refractivity contribution is -0.143. The number of esters is 1. The summed E-state index contributed by atoms with van der Waals surface area (Å²) in [5, 5.41) is 0. The van der Waals surface area contributed by atoms with E-state index in [0.29, 0.717) is 13.0 Å². The fourth-order valence-corrected chi connectivity index (χ4v) is 7.19. The second-order valence-electron chi connectivity index (χ2n) is 16.3. The van der Waals surface area contributed by atoms with E-state index in [4.69, 9.17) is 4.74 Å². The molecule has 0 N–H and O–H groups in total. The minimum atomic E-state index is 0.0104. The molecule has 1 unspecified atom stereocenters. The average molecular weight is 727 g/mol. The summed E-state index contributed by atoms with van der Waals surface area (Å²) in [6.45, 7) is 7.51. The summed E-state index contributed by atoms with van der Waals surface area (Å²) in [4.78, 5) is 12.0. The number of carbonyl (C=O) groups excluding carboxylic acids is 1. The molecule has 0 aliphatic heterocycles. The van der Waals surface area contributed by atoms with Gasteiger partial charge >= 0.3 is 5.97 Å². The van der Waals surface area contributed by atoms with Crippen LogP contribution >= 0.6 is 0 Å². The van der Waals surface area contributed by atoms with Crippen LogP contribution in [0, 0.1) is 5.92 Å². The second-order valence-corrected chi connectivity index (χ2v) is 16.3. The van der Waals surface area contributed by atoms with Crippen LogP contribution in [-0.4, -0.2) is 12.6 Å². The summed E-state index contributed by atoms with van der Waals surface area (Å²) in [5.74, 6) is 0.947. The predicted octanol–water partition coefficient (Wildman–Crippen LogP) is 17.7. The van der Waals surface area contributed by atoms with Gasteiger partial charge in [0.2, 0.25) is 0 Å². The van der Waals surface area contributed by atoms with E-state index in [-0.39, 0.29) is 5.97 Å². The predicted molar refractivity (Wildman–Crippen MR) is 234 cm³/mol. The fourth-order valence-electron chi connectivity index (χ4n) is 7.19. The third-order valence-electron chi connectivity index (χ3n) is 11.1. The van der Waals surface area contributed by atoms with E-state index in [1.54, 1.807) is 0 Å². The standard InChI is InChI=1S/C50H94O2/c1-4-6-7-8-9-10-11-12-25-29-32-35-38-41-44-47-50(51)52-48-45-42-39-36-33-30-27-24-22-20-18-16-14-13-15-17-19-21-23-26-28-31-34-37-40-43-46-49(3)5-2/h6-7,9-10,12,25,49H,4-5,8,11,13-24,26-48H2,1-3H3/b7-6-,10-9-,25-12-. The SMILES string of the molecule is CC/C=C\C/C=C\C/C=C\CCCCCCCC(=O)OCCCCCCCCCCCCCCCCCCCCCCCCCCCCC(C)CC. The number of ether oxygens (including phenoxy) is 1. The molecule has 0 aromatic carbocycles. The first-order valence-electron chi connectivity index (χ1n) is 23.8. The lowest BCUT2D eigenvalue weighted by Gasteiger charge is -2.07. The molecule has 1 atom stereocenters. The van der Waals surface area contributed by atoms with E-state index < -0.39 is 0 Å². The highest BCUT2D eigenvalue weighted by molar-refractivity contribution is 5.69. The first kappa shape index (κ1) is 50.7. The van der Waals surface area contributed by atoms with Gasteiger partial charge in [0.25, 0.3) is 0 Å². The van der Waals surface area contributed by atoms with Gasteiger partial charge in [0.05, 0.1) is 6.61 Å². The quantitative estimate of drug-likeness (QED) is 0.0355. The molecule has 0 bridgehead atoms. The van der Waals surface area contributed by atoms with E-state index in [2.05, 4.69) is 57.2 Å². The molecule has 0 fully saturated rings. The minimum Gasteiger partial charge on any atom is -0.466 e. The number of unbranched alkanes of at least 4 members (excludes halogenated alkanes) is 30. The Morgan fingerprint density at radius 3 is 1.19 bits per heavy atom. The Hall–Kier alpha value is -1.31. The van der Waals surface area contributed by atoms with Crippen LogP contribution in [0.2, 0.25) is 0 Å². The zero-order chi connectivity index (χ0) is 37.7. The smallest absolute Gasteiger partial charge is 0.305 e. The second kappa shape index (κ2) is 45.8. The molecule has 0 aliphatic rings. The molecule has 0 radical (unpaired) electrons. The summed E-state index contributed by atoms with van der Waals surface area (Å²) in [6, 6.07) is 0. The molecule has 0 amide bonds. The van der Waals surface area contributed by atoms with Gasteiger partial charge in [0.15, 0.2) is 0 Å². The normalized spacial score (nSPS) is 12.6. The molecule has 306 valence electrons. The molecule has 2 heteroatoms. The number of allylic oxidation sites excluding steroid dienone is 6. The molecule has 0 aliphatic carbocycles. The number of hydrogen-bond acceptors (Lipinski definition) is 2. The summed E-state index contributed by atoms with van der Waals surface area (Å²) in [5.41, 5.74) is 0. The maximum atomic E-state index is 12.0. The first-order valence-corrected chi connectivity index (χ1v) is 23.8. The number of carbonyl (C=O) groups is 1. The van der Waals surface area contributed by atoms with Gasteiger partial charge in [-0.25, -0.2) is 0 Å². The highest BCUT2D eigenvalue weighted by atomic mass is 16.5. The van der Waals surface area contributed by atoms with Gasteiger partial charge in [-0.3, -0.25) is 4.79 Å². The Balaban J connectivity index is 3.19. The molecular formula is C50H94O2. The van der Waals surface area contributed by atoms with Crippen LogP contribution in [0.5, 0.6) is 0 Å². The number of rotatable bonds is 43. The largest absolute Gasteiger partial charge is 0.466 e. The molecule has 0 spiro atoms. The molecule has 0 heterocycles. The van der Waals surface area contributed by atoms with E-state index >= 15 is 0 Å². The molecule has 52 heavy (non-hydrogen) atoms. The highest BCUT2D eigenvalue weighted by Gasteiger charge is 2.03. The molecule has 0 aromatic heterocycles. The Kier molecular flexibility index (Phi) is 44.7. The van der Waals surface area contributed by atoms with Gasteiger partial charge in [0.1, 0.15) is 0 Å². The van der Waals surface area contributed by atoms with E-state index in [1.807, 2.05) is 0 Å². The zero-order valence-electron chi connectivity index (χ0n) is 35.9. The summed E-state index contributed by atoms with van der Waals surface area (Å²) in [7, 11) is 0. The summed E-state index contributed by atoms with van der Waals surface area (Å²) in [6.07, 6.45) is 64.1. The highest BCUT2D eigenvalue weighted by Crippen LogP contribution is 2.17. The Labute approximate surface area is 328 Å². The molecule has 0 rings (SSSR count).